The summed E-state index contributed by atoms with van der Waals surface area (Å²) in [6.45, 7) is 2.27. The van der Waals surface area contributed by atoms with Crippen molar-refractivity contribution in [1.29, 1.82) is 0 Å². The molecule has 4 rings (SSSR count). The van der Waals surface area contributed by atoms with Crippen LogP contribution in [-0.2, 0) is 16.4 Å². The van der Waals surface area contributed by atoms with Crippen molar-refractivity contribution in [3.05, 3.63) is 87.7 Å². The second kappa shape index (κ2) is 8.39. The summed E-state index contributed by atoms with van der Waals surface area (Å²) in [5.41, 5.74) is 3.63. The number of rotatable bonds is 6. The first kappa shape index (κ1) is 20.9. The molecule has 1 aliphatic heterocycles. The first-order chi connectivity index (χ1) is 14.8. The molecule has 2 N–H and O–H groups in total. The van der Waals surface area contributed by atoms with Gasteiger partial charge >= 0.3 is 0 Å². The van der Waals surface area contributed by atoms with Crippen LogP contribution in [0.25, 0.3) is 11.3 Å². The molecule has 1 amide bonds. The number of amides is 1. The zero-order chi connectivity index (χ0) is 22.0. The number of aryl methyl sites for hydroxylation is 1. The Bertz CT molecular complexity index is 1300. The number of carbonyl (C=O) groups is 1. The number of fused-ring (bicyclic) bond motifs is 1. The molecule has 1 aliphatic rings. The van der Waals surface area contributed by atoms with E-state index in [9.17, 15) is 18.0 Å². The van der Waals surface area contributed by atoms with Gasteiger partial charge in [-0.2, -0.15) is 0 Å². The minimum atomic E-state index is -3.58. The van der Waals surface area contributed by atoms with Crippen molar-refractivity contribution in [3.63, 3.8) is 0 Å². The molecule has 2 heterocycles. The molecule has 0 aliphatic carbocycles. The molecule has 0 atom stereocenters. The lowest BCUT2D eigenvalue weighted by atomic mass is 10.1. The quantitative estimate of drug-likeness (QED) is 0.619. The maximum Gasteiger partial charge on any atom is 0.261 e. The number of aromatic nitrogens is 1. The van der Waals surface area contributed by atoms with Crippen LogP contribution in [0.3, 0.4) is 0 Å². The van der Waals surface area contributed by atoms with Gasteiger partial charge in [-0.3, -0.25) is 13.9 Å². The summed E-state index contributed by atoms with van der Waals surface area (Å²) in [5, 5.41) is 2.55. The normalized spacial score (nSPS) is 13.1. The first-order valence-electron chi connectivity index (χ1n) is 10.0. The van der Waals surface area contributed by atoms with Crippen LogP contribution in [0.4, 0.5) is 5.69 Å². The predicted octanol–water partition coefficient (Wildman–Crippen LogP) is 2.47. The Morgan fingerprint density at radius 3 is 2.68 bits per heavy atom. The molecule has 2 aromatic carbocycles. The molecule has 0 fully saturated rings. The molecule has 31 heavy (non-hydrogen) atoms. The van der Waals surface area contributed by atoms with Crippen molar-refractivity contribution in [3.8, 4) is 11.3 Å². The third-order valence-corrected chi connectivity index (χ3v) is 7.08. The fourth-order valence-corrected chi connectivity index (χ4v) is 5.16. The molecular weight excluding hydrogens is 414 g/mol. The van der Waals surface area contributed by atoms with E-state index in [0.29, 0.717) is 24.3 Å². The largest absolute Gasteiger partial charge is 0.351 e. The van der Waals surface area contributed by atoms with Crippen LogP contribution < -0.4 is 15.2 Å². The number of benzene rings is 2. The van der Waals surface area contributed by atoms with E-state index in [4.69, 9.17) is 0 Å². The number of pyridine rings is 1. The number of nitrogens with one attached hydrogen (secondary N) is 2. The van der Waals surface area contributed by atoms with Gasteiger partial charge in [-0.25, -0.2) is 8.42 Å². The van der Waals surface area contributed by atoms with Crippen LogP contribution in [0.5, 0.6) is 0 Å². The highest BCUT2D eigenvalue weighted by atomic mass is 32.2. The monoisotopic (exact) mass is 437 g/mol. The van der Waals surface area contributed by atoms with Crippen molar-refractivity contribution in [2.45, 2.75) is 13.3 Å². The van der Waals surface area contributed by atoms with E-state index in [2.05, 4.69) is 10.3 Å². The molecule has 0 saturated carbocycles. The number of hydrogen-bond acceptors (Lipinski definition) is 4. The molecule has 7 nitrogen and oxygen atoms in total. The molecule has 0 unspecified atom stereocenters. The Balaban J connectivity index is 1.41. The lowest BCUT2D eigenvalue weighted by Crippen LogP contribution is -2.38. The van der Waals surface area contributed by atoms with Crippen LogP contribution in [0, 0.1) is 6.92 Å². The molecular formula is C23H23N3O4S. The van der Waals surface area contributed by atoms with E-state index < -0.39 is 21.5 Å². The molecule has 160 valence electrons. The van der Waals surface area contributed by atoms with E-state index in [1.807, 2.05) is 43.3 Å². The Labute approximate surface area is 180 Å². The van der Waals surface area contributed by atoms with Crippen molar-refractivity contribution in [2.24, 2.45) is 0 Å². The summed E-state index contributed by atoms with van der Waals surface area (Å²) >= 11 is 0. The van der Waals surface area contributed by atoms with Gasteiger partial charge in [0.15, 0.2) is 0 Å². The highest BCUT2D eigenvalue weighted by Gasteiger charge is 2.28. The molecule has 0 spiro atoms. The SMILES string of the molecule is Cc1cccc(-c2ccc(C(=O)NCCS(=O)(=O)N3CCc4ccccc43)c(=O)[nH]2)c1. The number of nitrogens with zero attached hydrogens (tertiary/aromatic N) is 1. The highest BCUT2D eigenvalue weighted by molar-refractivity contribution is 7.92. The number of para-hydroxylation sites is 1. The smallest absolute Gasteiger partial charge is 0.261 e. The van der Waals surface area contributed by atoms with E-state index in [1.165, 1.54) is 10.4 Å². The number of aromatic amines is 1. The van der Waals surface area contributed by atoms with Gasteiger partial charge in [0.25, 0.3) is 11.5 Å². The van der Waals surface area contributed by atoms with E-state index in [0.717, 1.165) is 16.7 Å². The van der Waals surface area contributed by atoms with Crippen molar-refractivity contribution < 1.29 is 13.2 Å². The first-order valence-corrected chi connectivity index (χ1v) is 11.6. The maximum absolute atomic E-state index is 12.7. The Morgan fingerprint density at radius 2 is 1.90 bits per heavy atom. The van der Waals surface area contributed by atoms with Gasteiger partial charge in [0.05, 0.1) is 11.4 Å². The summed E-state index contributed by atoms with van der Waals surface area (Å²) in [5.74, 6) is -0.846. The van der Waals surface area contributed by atoms with Crippen molar-refractivity contribution in [2.75, 3.05) is 23.1 Å². The minimum absolute atomic E-state index is 0.0553. The fourth-order valence-electron chi connectivity index (χ4n) is 3.73. The zero-order valence-electron chi connectivity index (χ0n) is 17.1. The zero-order valence-corrected chi connectivity index (χ0v) is 17.9. The summed E-state index contributed by atoms with van der Waals surface area (Å²) in [6, 6.07) is 18.2. The van der Waals surface area contributed by atoms with Gasteiger partial charge in [-0.1, -0.05) is 42.0 Å². The summed E-state index contributed by atoms with van der Waals surface area (Å²) in [4.78, 5) is 27.6. The van der Waals surface area contributed by atoms with Gasteiger partial charge in [-0.05, 0) is 48.7 Å². The van der Waals surface area contributed by atoms with Gasteiger partial charge in [0.1, 0.15) is 5.56 Å². The Kier molecular flexibility index (Phi) is 5.65. The molecule has 0 saturated heterocycles. The van der Waals surface area contributed by atoms with Gasteiger partial charge in [0, 0.05) is 18.8 Å². The molecule has 0 radical (unpaired) electrons. The second-order valence-electron chi connectivity index (χ2n) is 7.51. The highest BCUT2D eigenvalue weighted by Crippen LogP contribution is 2.29. The molecule has 1 aromatic heterocycles. The minimum Gasteiger partial charge on any atom is -0.351 e. The third-order valence-electron chi connectivity index (χ3n) is 5.31. The average Bonchev–Trinajstić information content (AvgIpc) is 3.18. The van der Waals surface area contributed by atoms with E-state index in [-0.39, 0.29) is 17.9 Å². The summed E-state index contributed by atoms with van der Waals surface area (Å²) in [6.07, 6.45) is 0.671. The van der Waals surface area contributed by atoms with E-state index in [1.54, 1.807) is 18.2 Å². The number of sulfonamides is 1. The number of hydrogen-bond donors (Lipinski definition) is 2. The average molecular weight is 438 g/mol. The summed E-state index contributed by atoms with van der Waals surface area (Å²) < 4.78 is 26.8. The standard InChI is InChI=1S/C23H23N3O4S/c1-16-5-4-7-18(15-16)20-10-9-19(23(28)25-20)22(27)24-12-14-31(29,30)26-13-11-17-6-2-3-8-21(17)26/h2-10,15H,11-14H2,1H3,(H,24,27)(H,25,28). The number of anilines is 1. The molecule has 8 heteroatoms. The van der Waals surface area contributed by atoms with Gasteiger partial charge < -0.3 is 10.3 Å². The summed E-state index contributed by atoms with van der Waals surface area (Å²) in [7, 11) is -3.58. The third kappa shape index (κ3) is 4.39. The molecule has 3 aromatic rings. The van der Waals surface area contributed by atoms with Crippen LogP contribution in [0.15, 0.2) is 65.5 Å². The second-order valence-corrected chi connectivity index (χ2v) is 9.52. The Morgan fingerprint density at radius 1 is 1.10 bits per heavy atom. The predicted molar refractivity (Wildman–Crippen MR) is 121 cm³/mol. The Hall–Kier alpha value is -3.39. The van der Waals surface area contributed by atoms with Gasteiger partial charge in [-0.15, -0.1) is 0 Å². The van der Waals surface area contributed by atoms with E-state index >= 15 is 0 Å². The fraction of sp³-hybridized carbons (Fsp3) is 0.217. The van der Waals surface area contributed by atoms with Crippen LogP contribution >= 0.6 is 0 Å². The van der Waals surface area contributed by atoms with Crippen molar-refractivity contribution >= 4 is 21.6 Å². The van der Waals surface area contributed by atoms with Crippen LogP contribution in [-0.4, -0.2) is 38.2 Å². The maximum atomic E-state index is 12.7. The number of H-pyrrole nitrogens is 1. The van der Waals surface area contributed by atoms with Gasteiger partial charge in [0.2, 0.25) is 10.0 Å². The lowest BCUT2D eigenvalue weighted by molar-refractivity contribution is 0.0954. The number of carbonyl (C=O) groups excluding carboxylic acids is 1. The topological polar surface area (TPSA) is 99.3 Å². The van der Waals surface area contributed by atoms with Crippen molar-refractivity contribution in [1.82, 2.24) is 10.3 Å². The lowest BCUT2D eigenvalue weighted by Gasteiger charge is -2.19. The van der Waals surface area contributed by atoms with Crippen LogP contribution in [0.1, 0.15) is 21.5 Å². The molecule has 0 bridgehead atoms. The van der Waals surface area contributed by atoms with Crippen LogP contribution in [0.2, 0.25) is 0 Å².